The molecule has 0 aromatic heterocycles. The van der Waals surface area contributed by atoms with Crippen molar-refractivity contribution in [2.45, 2.75) is 79.3 Å². The summed E-state index contributed by atoms with van der Waals surface area (Å²) in [7, 11) is 0. The van der Waals surface area contributed by atoms with Gasteiger partial charge in [-0.2, -0.15) is 0 Å². The Morgan fingerprint density at radius 2 is 1.58 bits per heavy atom. The van der Waals surface area contributed by atoms with Crippen molar-refractivity contribution in [2.24, 2.45) is 16.7 Å². The fraction of sp³-hybridized carbons (Fsp3) is 0.882. The summed E-state index contributed by atoms with van der Waals surface area (Å²) >= 11 is 0. The number of allylic oxidation sites excluding steroid dienone is 1. The number of rotatable bonds is 0. The third kappa shape index (κ3) is 1.69. The Balaban J connectivity index is 2.08. The van der Waals surface area contributed by atoms with E-state index in [1.807, 2.05) is 13.8 Å². The average molecular weight is 264 g/mol. The van der Waals surface area contributed by atoms with Crippen LogP contribution in [-0.2, 0) is 9.47 Å². The molecule has 108 valence electrons. The van der Waals surface area contributed by atoms with E-state index in [9.17, 15) is 0 Å². The lowest BCUT2D eigenvalue weighted by atomic mass is 9.69. The van der Waals surface area contributed by atoms with E-state index < -0.39 is 5.79 Å². The van der Waals surface area contributed by atoms with Crippen molar-refractivity contribution in [2.75, 3.05) is 0 Å². The normalized spacial score (nSPS) is 42.2. The predicted molar refractivity (Wildman–Crippen MR) is 76.8 cm³/mol. The van der Waals surface area contributed by atoms with Crippen LogP contribution in [-0.4, -0.2) is 18.0 Å². The van der Waals surface area contributed by atoms with Gasteiger partial charge in [0.25, 0.3) is 0 Å². The molecule has 0 aromatic rings. The van der Waals surface area contributed by atoms with Gasteiger partial charge in [-0.25, -0.2) is 0 Å². The van der Waals surface area contributed by atoms with Crippen molar-refractivity contribution in [1.29, 1.82) is 0 Å². The van der Waals surface area contributed by atoms with Crippen LogP contribution in [0.4, 0.5) is 0 Å². The second-order valence-electron chi connectivity index (χ2n) is 8.19. The number of hydrogen-bond donors (Lipinski definition) is 0. The highest BCUT2D eigenvalue weighted by Gasteiger charge is 2.58. The molecule has 0 radical (unpaired) electrons. The quantitative estimate of drug-likeness (QED) is 0.607. The molecule has 3 aliphatic rings. The molecule has 1 heterocycles. The highest BCUT2D eigenvalue weighted by atomic mass is 16.7. The summed E-state index contributed by atoms with van der Waals surface area (Å²) in [6.45, 7) is 16.1. The molecule has 1 aliphatic heterocycles. The van der Waals surface area contributed by atoms with Crippen LogP contribution in [0.2, 0.25) is 0 Å². The van der Waals surface area contributed by atoms with Crippen molar-refractivity contribution >= 4 is 0 Å². The Bertz CT molecular complexity index is 442. The molecule has 3 atom stereocenters. The minimum atomic E-state index is -0.427. The molecule has 0 saturated carbocycles. The van der Waals surface area contributed by atoms with E-state index >= 15 is 0 Å². The molecule has 0 bridgehead atoms. The molecule has 1 saturated heterocycles. The Labute approximate surface area is 117 Å². The molecular formula is C17H28O2. The molecule has 2 nitrogen and oxygen atoms in total. The van der Waals surface area contributed by atoms with Gasteiger partial charge in [-0.05, 0) is 49.0 Å². The highest BCUT2D eigenvalue weighted by Crippen LogP contribution is 2.62. The van der Waals surface area contributed by atoms with Crippen LogP contribution in [0, 0.1) is 16.7 Å². The van der Waals surface area contributed by atoms with Crippen molar-refractivity contribution in [3.8, 4) is 0 Å². The summed E-state index contributed by atoms with van der Waals surface area (Å²) in [6.07, 6.45) is 2.72. The standard InChI is InChI=1S/C17H28O2/c1-10-15(2,3)11-8-9-12-14(13(11)16(10,4)5)19-17(6,7)18-12/h10,12,14H,8-9H2,1-7H3/t10-,12?,14+/m1/s1. The molecular weight excluding hydrogens is 236 g/mol. The molecule has 0 N–H and O–H groups in total. The fourth-order valence-corrected chi connectivity index (χ4v) is 4.71. The lowest BCUT2D eigenvalue weighted by molar-refractivity contribution is -0.144. The predicted octanol–water partition coefficient (Wildman–Crippen LogP) is 4.30. The van der Waals surface area contributed by atoms with Gasteiger partial charge in [-0.15, -0.1) is 0 Å². The van der Waals surface area contributed by atoms with Gasteiger partial charge >= 0.3 is 0 Å². The van der Waals surface area contributed by atoms with Gasteiger partial charge in [0.15, 0.2) is 5.79 Å². The van der Waals surface area contributed by atoms with Gasteiger partial charge < -0.3 is 9.47 Å². The first-order valence-electron chi connectivity index (χ1n) is 7.67. The molecule has 0 amide bonds. The Morgan fingerprint density at radius 1 is 0.947 bits per heavy atom. The largest absolute Gasteiger partial charge is 0.344 e. The molecule has 3 rings (SSSR count). The summed E-state index contributed by atoms with van der Waals surface area (Å²) in [4.78, 5) is 0. The van der Waals surface area contributed by atoms with Crippen LogP contribution in [0.5, 0.6) is 0 Å². The fourth-order valence-electron chi connectivity index (χ4n) is 4.71. The van der Waals surface area contributed by atoms with Crippen molar-refractivity contribution < 1.29 is 9.47 Å². The summed E-state index contributed by atoms with van der Waals surface area (Å²) < 4.78 is 12.4. The molecule has 0 spiro atoms. The summed E-state index contributed by atoms with van der Waals surface area (Å²) in [5.41, 5.74) is 3.70. The summed E-state index contributed by atoms with van der Waals surface area (Å²) in [5, 5.41) is 0. The topological polar surface area (TPSA) is 18.5 Å². The Kier molecular flexibility index (Phi) is 2.62. The van der Waals surface area contributed by atoms with E-state index in [0.29, 0.717) is 11.3 Å². The zero-order valence-electron chi connectivity index (χ0n) is 13.5. The van der Waals surface area contributed by atoms with E-state index in [2.05, 4.69) is 34.6 Å². The van der Waals surface area contributed by atoms with Crippen molar-refractivity contribution in [1.82, 2.24) is 0 Å². The Morgan fingerprint density at radius 3 is 2.21 bits per heavy atom. The number of ether oxygens (including phenoxy) is 2. The van der Waals surface area contributed by atoms with Gasteiger partial charge in [0.05, 0.1) is 6.10 Å². The third-order valence-corrected chi connectivity index (χ3v) is 6.11. The van der Waals surface area contributed by atoms with Crippen molar-refractivity contribution in [3.05, 3.63) is 11.1 Å². The molecule has 1 unspecified atom stereocenters. The average Bonchev–Trinajstić information content (AvgIpc) is 2.65. The zero-order valence-corrected chi connectivity index (χ0v) is 13.5. The van der Waals surface area contributed by atoms with Gasteiger partial charge in [-0.3, -0.25) is 0 Å². The number of hydrogen-bond acceptors (Lipinski definition) is 2. The minimum absolute atomic E-state index is 0.179. The lowest BCUT2D eigenvalue weighted by Crippen LogP contribution is -2.35. The first-order valence-corrected chi connectivity index (χ1v) is 7.67. The summed E-state index contributed by atoms with van der Waals surface area (Å²) in [5.74, 6) is 0.222. The van der Waals surface area contributed by atoms with E-state index in [4.69, 9.17) is 9.47 Å². The van der Waals surface area contributed by atoms with Crippen LogP contribution in [0.15, 0.2) is 11.1 Å². The van der Waals surface area contributed by atoms with E-state index in [1.54, 1.807) is 11.1 Å². The maximum absolute atomic E-state index is 6.26. The third-order valence-electron chi connectivity index (χ3n) is 6.11. The minimum Gasteiger partial charge on any atom is -0.344 e. The monoisotopic (exact) mass is 264 g/mol. The molecule has 2 heteroatoms. The number of fused-ring (bicyclic) bond motifs is 2. The second-order valence-corrected chi connectivity index (χ2v) is 8.19. The Hall–Kier alpha value is -0.340. The van der Waals surface area contributed by atoms with Gasteiger partial charge in [0.1, 0.15) is 6.10 Å². The van der Waals surface area contributed by atoms with E-state index in [1.165, 1.54) is 6.42 Å². The molecule has 1 fully saturated rings. The highest BCUT2D eigenvalue weighted by molar-refractivity contribution is 5.40. The van der Waals surface area contributed by atoms with Gasteiger partial charge in [0.2, 0.25) is 0 Å². The molecule has 2 aliphatic carbocycles. The second kappa shape index (κ2) is 3.65. The SMILES string of the molecule is C[C@@H]1C(C)(C)C2=C([C@H]3OC(C)(C)OC3CC2)C1(C)C. The lowest BCUT2D eigenvalue weighted by Gasteiger charge is -2.36. The van der Waals surface area contributed by atoms with Crippen LogP contribution in [0.3, 0.4) is 0 Å². The maximum Gasteiger partial charge on any atom is 0.164 e. The maximum atomic E-state index is 6.26. The molecule has 19 heavy (non-hydrogen) atoms. The van der Waals surface area contributed by atoms with E-state index in [0.717, 1.165) is 6.42 Å². The van der Waals surface area contributed by atoms with Crippen molar-refractivity contribution in [3.63, 3.8) is 0 Å². The first-order chi connectivity index (χ1) is 8.57. The smallest absolute Gasteiger partial charge is 0.164 e. The van der Waals surface area contributed by atoms with Gasteiger partial charge in [0, 0.05) is 0 Å². The van der Waals surface area contributed by atoms with Crippen LogP contribution in [0.1, 0.15) is 61.3 Å². The van der Waals surface area contributed by atoms with Crippen LogP contribution < -0.4 is 0 Å². The first kappa shape index (κ1) is 13.6. The van der Waals surface area contributed by atoms with Gasteiger partial charge in [-0.1, -0.05) is 40.2 Å². The van der Waals surface area contributed by atoms with E-state index in [-0.39, 0.29) is 17.6 Å². The van der Waals surface area contributed by atoms with Crippen LogP contribution >= 0.6 is 0 Å². The zero-order chi connectivity index (χ0) is 14.2. The van der Waals surface area contributed by atoms with Crippen LogP contribution in [0.25, 0.3) is 0 Å². The summed E-state index contributed by atoms with van der Waals surface area (Å²) in [6, 6.07) is 0. The molecule has 0 aromatic carbocycles.